The van der Waals surface area contributed by atoms with Crippen molar-refractivity contribution >= 4 is 29.9 Å². The zero-order valence-electron chi connectivity index (χ0n) is 28.2. The molecule has 17 nitrogen and oxygen atoms in total. The second kappa shape index (κ2) is 19.7. The number of ether oxygens (including phenoxy) is 8. The van der Waals surface area contributed by atoms with Crippen LogP contribution in [-0.4, -0.2) is 112 Å². The number of nitrogens with one attached hydrogen (secondary N) is 2. The van der Waals surface area contributed by atoms with Crippen LogP contribution in [0.15, 0.2) is 18.2 Å². The Labute approximate surface area is 278 Å². The van der Waals surface area contributed by atoms with Crippen LogP contribution in [0.25, 0.3) is 0 Å². The van der Waals surface area contributed by atoms with Crippen LogP contribution in [-0.2, 0) is 59.0 Å². The molecule has 1 aromatic rings. The van der Waals surface area contributed by atoms with Crippen molar-refractivity contribution in [3.63, 3.8) is 0 Å². The van der Waals surface area contributed by atoms with Gasteiger partial charge in [0, 0.05) is 26.3 Å². The fourth-order valence-electron chi connectivity index (χ4n) is 4.38. The summed E-state index contributed by atoms with van der Waals surface area (Å²) in [6.45, 7) is 9.61. The summed E-state index contributed by atoms with van der Waals surface area (Å²) in [6, 6.07) is 4.30. The molecule has 1 fully saturated rings. The summed E-state index contributed by atoms with van der Waals surface area (Å²) in [7, 11) is 1.16. The molecular weight excluding hydrogens is 640 g/mol. The lowest BCUT2D eigenvalue weighted by atomic mass is 9.90. The lowest BCUT2D eigenvalue weighted by Gasteiger charge is -2.42. The molecule has 1 aromatic carbocycles. The molecular formula is C31H46N2O15. The first-order valence-corrected chi connectivity index (χ1v) is 15.2. The molecule has 0 saturated carbocycles. The highest BCUT2D eigenvalue weighted by Crippen LogP contribution is 2.34. The van der Waals surface area contributed by atoms with E-state index < -0.39 is 66.0 Å². The number of aliphatic hydroxyl groups excluding tert-OH is 1. The molecule has 2 amide bonds. The topological polar surface area (TPSA) is 213 Å². The molecule has 0 spiro atoms. The highest BCUT2D eigenvalue weighted by Gasteiger charge is 2.52. The molecule has 0 aromatic heterocycles. The Morgan fingerprint density at radius 3 is 2.15 bits per heavy atom. The van der Waals surface area contributed by atoms with E-state index in [1.807, 2.05) is 0 Å². The third-order valence-electron chi connectivity index (χ3n) is 6.41. The third kappa shape index (κ3) is 13.6. The summed E-state index contributed by atoms with van der Waals surface area (Å²) in [5.74, 6) is -3.65. The SMILES string of the molecule is COC(=O)[C@H]1O[C@@H](Oc2ccc(CO)cc2C(=O)NCCOCCOCCONC(=O)OC(C)(C)C)[C@H](OC(C)=O)[C@@H](OC(C)=O)[C@@H]1C. The van der Waals surface area contributed by atoms with E-state index in [1.54, 1.807) is 27.7 Å². The van der Waals surface area contributed by atoms with Crippen molar-refractivity contribution in [3.8, 4) is 5.75 Å². The number of hydrogen-bond acceptors (Lipinski definition) is 15. The average Bonchev–Trinajstić information content (AvgIpc) is 3.01. The Hall–Kier alpha value is -4.03. The van der Waals surface area contributed by atoms with Crippen LogP contribution < -0.4 is 15.5 Å². The number of methoxy groups -OCH3 is 1. The minimum absolute atomic E-state index is 0.00711. The number of hydrogen-bond donors (Lipinski definition) is 3. The van der Waals surface area contributed by atoms with E-state index in [4.69, 9.17) is 42.7 Å². The average molecular weight is 687 g/mol. The fourth-order valence-corrected chi connectivity index (χ4v) is 4.38. The number of carbonyl (C=O) groups is 5. The van der Waals surface area contributed by atoms with E-state index >= 15 is 0 Å². The monoisotopic (exact) mass is 686 g/mol. The summed E-state index contributed by atoms with van der Waals surface area (Å²) < 4.78 is 43.4. The van der Waals surface area contributed by atoms with Gasteiger partial charge in [0.05, 0.1) is 52.3 Å². The van der Waals surface area contributed by atoms with Crippen molar-refractivity contribution in [1.82, 2.24) is 10.8 Å². The second-order valence-corrected chi connectivity index (χ2v) is 11.5. The van der Waals surface area contributed by atoms with E-state index in [0.717, 1.165) is 21.0 Å². The molecule has 1 aliphatic rings. The minimum Gasteiger partial charge on any atom is -0.467 e. The van der Waals surface area contributed by atoms with Gasteiger partial charge in [-0.25, -0.2) is 9.59 Å². The van der Waals surface area contributed by atoms with Crippen molar-refractivity contribution in [2.75, 3.05) is 46.7 Å². The predicted molar refractivity (Wildman–Crippen MR) is 163 cm³/mol. The van der Waals surface area contributed by atoms with Gasteiger partial charge in [0.25, 0.3) is 5.91 Å². The van der Waals surface area contributed by atoms with Crippen LogP contribution in [0.5, 0.6) is 5.75 Å². The molecule has 3 N–H and O–H groups in total. The van der Waals surface area contributed by atoms with Crippen LogP contribution in [0.3, 0.4) is 0 Å². The molecule has 48 heavy (non-hydrogen) atoms. The summed E-state index contributed by atoms with van der Waals surface area (Å²) >= 11 is 0. The second-order valence-electron chi connectivity index (χ2n) is 11.5. The van der Waals surface area contributed by atoms with Crippen molar-refractivity contribution in [2.45, 2.75) is 78.4 Å². The van der Waals surface area contributed by atoms with Gasteiger partial charge in [-0.1, -0.05) is 13.0 Å². The first-order valence-electron chi connectivity index (χ1n) is 15.2. The molecule has 270 valence electrons. The molecule has 2 rings (SSSR count). The number of esters is 3. The molecule has 1 saturated heterocycles. The molecule has 0 aliphatic carbocycles. The van der Waals surface area contributed by atoms with Gasteiger partial charge in [-0.15, -0.1) is 0 Å². The Morgan fingerprint density at radius 2 is 1.54 bits per heavy atom. The first kappa shape index (κ1) is 40.1. The van der Waals surface area contributed by atoms with E-state index in [0.29, 0.717) is 5.56 Å². The lowest BCUT2D eigenvalue weighted by Crippen LogP contribution is -2.60. The summed E-state index contributed by atoms with van der Waals surface area (Å²) in [5, 5.41) is 12.4. The summed E-state index contributed by atoms with van der Waals surface area (Å²) in [4.78, 5) is 66.1. The van der Waals surface area contributed by atoms with Crippen LogP contribution in [0, 0.1) is 5.92 Å². The maximum absolute atomic E-state index is 13.2. The van der Waals surface area contributed by atoms with Gasteiger partial charge in [0.1, 0.15) is 11.4 Å². The Kier molecular flexibility index (Phi) is 16.5. The Bertz CT molecular complexity index is 1230. The minimum atomic E-state index is -1.51. The molecule has 0 bridgehead atoms. The molecule has 0 unspecified atom stereocenters. The van der Waals surface area contributed by atoms with Gasteiger partial charge in [0.15, 0.2) is 12.2 Å². The van der Waals surface area contributed by atoms with Crippen molar-refractivity contribution in [3.05, 3.63) is 29.3 Å². The van der Waals surface area contributed by atoms with E-state index in [-0.39, 0.29) is 57.5 Å². The van der Waals surface area contributed by atoms with Gasteiger partial charge in [-0.3, -0.25) is 19.2 Å². The van der Waals surface area contributed by atoms with Crippen LogP contribution in [0.4, 0.5) is 4.79 Å². The normalized spacial score (nSPS) is 20.6. The predicted octanol–water partition coefficient (Wildman–Crippen LogP) is 1.17. The highest BCUT2D eigenvalue weighted by molar-refractivity contribution is 5.97. The van der Waals surface area contributed by atoms with Crippen molar-refractivity contribution < 1.29 is 71.8 Å². The van der Waals surface area contributed by atoms with E-state index in [9.17, 15) is 29.1 Å². The number of hydroxylamine groups is 1. The Balaban J connectivity index is 1.98. The van der Waals surface area contributed by atoms with Crippen LogP contribution >= 0.6 is 0 Å². The third-order valence-corrected chi connectivity index (χ3v) is 6.41. The van der Waals surface area contributed by atoms with Crippen molar-refractivity contribution in [1.29, 1.82) is 0 Å². The number of amides is 2. The first-order chi connectivity index (χ1) is 22.7. The summed E-state index contributed by atoms with van der Waals surface area (Å²) in [5.41, 5.74) is 1.89. The van der Waals surface area contributed by atoms with Gasteiger partial charge >= 0.3 is 24.0 Å². The highest BCUT2D eigenvalue weighted by atomic mass is 16.7. The lowest BCUT2D eigenvalue weighted by molar-refractivity contribution is -0.266. The molecule has 1 aliphatic heterocycles. The molecule has 1 heterocycles. The number of carbonyl (C=O) groups excluding carboxylic acids is 5. The summed E-state index contributed by atoms with van der Waals surface area (Å²) in [6.07, 6.45) is -5.97. The number of aliphatic hydroxyl groups is 1. The van der Waals surface area contributed by atoms with Crippen LogP contribution in [0.2, 0.25) is 0 Å². The number of rotatable bonds is 17. The quantitative estimate of drug-likeness (QED) is 0.0908. The van der Waals surface area contributed by atoms with Gasteiger partial charge in [-0.2, -0.15) is 5.48 Å². The smallest absolute Gasteiger partial charge is 0.431 e. The largest absolute Gasteiger partial charge is 0.467 e. The zero-order chi connectivity index (χ0) is 35.9. The van der Waals surface area contributed by atoms with Crippen LogP contribution in [0.1, 0.15) is 57.5 Å². The maximum atomic E-state index is 13.2. The number of benzene rings is 1. The van der Waals surface area contributed by atoms with Crippen molar-refractivity contribution in [2.24, 2.45) is 5.92 Å². The van der Waals surface area contributed by atoms with Gasteiger partial charge in [0.2, 0.25) is 12.4 Å². The van der Waals surface area contributed by atoms with Gasteiger partial charge < -0.3 is 48.3 Å². The van der Waals surface area contributed by atoms with E-state index in [1.165, 1.54) is 18.2 Å². The van der Waals surface area contributed by atoms with E-state index in [2.05, 4.69) is 10.8 Å². The molecule has 0 radical (unpaired) electrons. The zero-order valence-corrected chi connectivity index (χ0v) is 28.2. The Morgan fingerprint density at radius 1 is 0.917 bits per heavy atom. The molecule has 17 heteroatoms. The maximum Gasteiger partial charge on any atom is 0.431 e. The van der Waals surface area contributed by atoms with Gasteiger partial charge in [-0.05, 0) is 38.5 Å². The standard InChI is InChI=1S/C31H46N2O15/c1-18-24(44-19(2)35)26(45-20(3)36)29(47-25(18)28(38)40-7)46-23-9-8-21(17-34)16-22(23)27(37)32-10-11-41-12-13-42-14-15-43-33-30(39)48-31(4,5)6/h8-9,16,18,24-26,29,34H,10-15,17H2,1-7H3,(H,32,37)(H,33,39)/t18-,24-,25-,26+,29+/m0/s1. The molecule has 5 atom stereocenters. The fraction of sp³-hybridized carbons (Fsp3) is 0.645.